The van der Waals surface area contributed by atoms with Gasteiger partial charge in [-0.3, -0.25) is 9.69 Å². The predicted octanol–water partition coefficient (Wildman–Crippen LogP) is 2.40. The lowest BCUT2D eigenvalue weighted by Gasteiger charge is -2.30. The van der Waals surface area contributed by atoms with Crippen LogP contribution in [0.4, 0.5) is 11.8 Å². The number of rotatable bonds is 4. The Labute approximate surface area is 175 Å². The number of amides is 1. The molecule has 0 aromatic carbocycles. The van der Waals surface area contributed by atoms with Crippen LogP contribution in [-0.4, -0.2) is 53.8 Å². The van der Waals surface area contributed by atoms with Crippen LogP contribution in [-0.2, 0) is 19.4 Å². The van der Waals surface area contributed by atoms with Gasteiger partial charge >= 0.3 is 0 Å². The van der Waals surface area contributed by atoms with E-state index in [2.05, 4.69) is 17.2 Å². The van der Waals surface area contributed by atoms with Gasteiger partial charge in [0, 0.05) is 47.6 Å². The zero-order valence-corrected chi connectivity index (χ0v) is 18.0. The van der Waals surface area contributed by atoms with Gasteiger partial charge in [-0.05, 0) is 44.4 Å². The molecule has 158 valence electrons. The number of hydrogen-bond acceptors (Lipinski definition) is 6. The molecular weight excluding hydrogens is 414 g/mol. The molecule has 3 fully saturated rings. The van der Waals surface area contributed by atoms with Crippen molar-refractivity contribution in [2.45, 2.75) is 69.4 Å². The summed E-state index contributed by atoms with van der Waals surface area (Å²) in [6.07, 6.45) is 8.20. The van der Waals surface area contributed by atoms with E-state index in [9.17, 15) is 13.2 Å². The summed E-state index contributed by atoms with van der Waals surface area (Å²) in [6, 6.07) is 0.301. The van der Waals surface area contributed by atoms with Gasteiger partial charge in [0.05, 0.1) is 5.41 Å². The molecule has 2 atom stereocenters. The number of carbonyl (C=O) groups excluding carboxylic acids is 1. The van der Waals surface area contributed by atoms with Gasteiger partial charge in [-0.15, -0.1) is 0 Å². The van der Waals surface area contributed by atoms with Crippen molar-refractivity contribution in [3.05, 3.63) is 11.8 Å². The summed E-state index contributed by atoms with van der Waals surface area (Å²) in [6.45, 7) is 2.98. The number of fused-ring (bicyclic) bond motifs is 2. The highest BCUT2D eigenvalue weighted by atomic mass is 35.7. The van der Waals surface area contributed by atoms with Crippen LogP contribution in [0.5, 0.6) is 0 Å². The second-order valence-electron chi connectivity index (χ2n) is 8.92. The molecule has 1 N–H and O–H groups in total. The highest BCUT2D eigenvalue weighted by Crippen LogP contribution is 2.58. The van der Waals surface area contributed by atoms with E-state index in [1.807, 2.05) is 11.1 Å². The molecule has 1 saturated heterocycles. The Balaban J connectivity index is 1.37. The average Bonchev–Trinajstić information content (AvgIpc) is 3.33. The third-order valence-corrected chi connectivity index (χ3v) is 8.70. The van der Waals surface area contributed by atoms with Crippen LogP contribution in [0.15, 0.2) is 6.20 Å². The number of anilines is 2. The van der Waals surface area contributed by atoms with Crippen molar-refractivity contribution in [2.24, 2.45) is 5.92 Å². The first-order chi connectivity index (χ1) is 13.8. The van der Waals surface area contributed by atoms with Crippen LogP contribution in [0.2, 0.25) is 0 Å². The van der Waals surface area contributed by atoms with Gasteiger partial charge in [0.25, 0.3) is 9.24 Å². The van der Waals surface area contributed by atoms with E-state index in [-0.39, 0.29) is 23.4 Å². The molecule has 1 amide bonds. The lowest BCUT2D eigenvalue weighted by Crippen LogP contribution is -2.42. The van der Waals surface area contributed by atoms with Crippen LogP contribution in [0, 0.1) is 5.92 Å². The van der Waals surface area contributed by atoms with E-state index >= 15 is 0 Å². The van der Waals surface area contributed by atoms with E-state index in [1.165, 1.54) is 4.31 Å². The van der Waals surface area contributed by atoms with Gasteiger partial charge < -0.3 is 5.32 Å². The Morgan fingerprint density at radius 1 is 1.21 bits per heavy atom. The fourth-order valence-electron chi connectivity index (χ4n) is 5.23. The Bertz CT molecular complexity index is 943. The standard InChI is InChI=1S/C19H26ClN5O3S/c1-12-3-2-4-15(12)25-16-14(19(7-8-19)17(25)26)11-21-18(23-16)22-13-5-9-24(10-6-13)29(20,27)28/h11-13,15H,2-10H2,1H3,(H,21,22,23). The summed E-state index contributed by atoms with van der Waals surface area (Å²) < 4.78 is 24.2. The minimum Gasteiger partial charge on any atom is -0.351 e. The molecule has 1 aromatic rings. The third kappa shape index (κ3) is 3.21. The molecule has 2 unspecified atom stereocenters. The smallest absolute Gasteiger partial charge is 0.299 e. The topological polar surface area (TPSA) is 95.5 Å². The van der Waals surface area contributed by atoms with E-state index < -0.39 is 9.24 Å². The third-order valence-electron chi connectivity index (χ3n) is 7.13. The maximum atomic E-state index is 13.3. The largest absolute Gasteiger partial charge is 0.351 e. The van der Waals surface area contributed by atoms with Crippen molar-refractivity contribution in [1.29, 1.82) is 0 Å². The molecule has 4 aliphatic rings. The molecule has 5 rings (SSSR count). The van der Waals surface area contributed by atoms with E-state index in [0.29, 0.717) is 37.8 Å². The van der Waals surface area contributed by atoms with Crippen LogP contribution >= 0.6 is 10.7 Å². The summed E-state index contributed by atoms with van der Waals surface area (Å²) in [5.41, 5.74) is 0.603. The number of halogens is 1. The lowest BCUT2D eigenvalue weighted by molar-refractivity contribution is -0.120. The summed E-state index contributed by atoms with van der Waals surface area (Å²) in [5, 5.41) is 3.34. The first-order valence-corrected chi connectivity index (χ1v) is 12.7. The van der Waals surface area contributed by atoms with Gasteiger partial charge in [0.2, 0.25) is 11.9 Å². The van der Waals surface area contributed by atoms with Gasteiger partial charge in [-0.2, -0.15) is 17.7 Å². The number of hydrogen-bond donors (Lipinski definition) is 1. The highest BCUT2D eigenvalue weighted by Gasteiger charge is 2.61. The summed E-state index contributed by atoms with van der Waals surface area (Å²) in [5.74, 6) is 1.98. The Hall–Kier alpha value is -1.45. The minimum atomic E-state index is -3.66. The van der Waals surface area contributed by atoms with Crippen molar-refractivity contribution in [3.63, 3.8) is 0 Å². The number of carbonyl (C=O) groups is 1. The summed E-state index contributed by atoms with van der Waals surface area (Å²) in [4.78, 5) is 24.5. The first-order valence-electron chi connectivity index (χ1n) is 10.5. The van der Waals surface area contributed by atoms with E-state index in [4.69, 9.17) is 15.7 Å². The molecular formula is C19H26ClN5O3S. The molecule has 1 spiro atoms. The normalized spacial score (nSPS) is 29.4. The SMILES string of the molecule is CC1CCCC1N1C(=O)C2(CC2)c2cnc(NC3CCN(S(=O)(=O)Cl)CC3)nc21. The van der Waals surface area contributed by atoms with Crippen LogP contribution in [0.1, 0.15) is 57.4 Å². The van der Waals surface area contributed by atoms with Crippen molar-refractivity contribution >= 4 is 37.6 Å². The zero-order valence-electron chi connectivity index (χ0n) is 16.5. The fourth-order valence-corrected chi connectivity index (χ4v) is 6.29. The molecule has 0 bridgehead atoms. The van der Waals surface area contributed by atoms with Gasteiger partial charge in [-0.25, -0.2) is 4.98 Å². The Morgan fingerprint density at radius 3 is 2.52 bits per heavy atom. The van der Waals surface area contributed by atoms with Crippen LogP contribution in [0.3, 0.4) is 0 Å². The number of nitrogens with one attached hydrogen (secondary N) is 1. The maximum absolute atomic E-state index is 13.3. The monoisotopic (exact) mass is 439 g/mol. The van der Waals surface area contributed by atoms with Gasteiger partial charge in [0.1, 0.15) is 5.82 Å². The molecule has 2 aliphatic heterocycles. The van der Waals surface area contributed by atoms with Gasteiger partial charge in [0.15, 0.2) is 0 Å². The zero-order chi connectivity index (χ0) is 20.4. The number of aromatic nitrogens is 2. The van der Waals surface area contributed by atoms with Crippen molar-refractivity contribution in [1.82, 2.24) is 14.3 Å². The Morgan fingerprint density at radius 2 is 1.93 bits per heavy atom. The maximum Gasteiger partial charge on any atom is 0.299 e. The molecule has 2 aliphatic carbocycles. The lowest BCUT2D eigenvalue weighted by atomic mass is 10.0. The predicted molar refractivity (Wildman–Crippen MR) is 110 cm³/mol. The second kappa shape index (κ2) is 6.78. The number of piperidine rings is 1. The molecule has 2 saturated carbocycles. The fraction of sp³-hybridized carbons (Fsp3) is 0.737. The second-order valence-corrected chi connectivity index (χ2v) is 11.4. The van der Waals surface area contributed by atoms with Crippen molar-refractivity contribution in [2.75, 3.05) is 23.3 Å². The Kier molecular flexibility index (Phi) is 4.56. The minimum absolute atomic E-state index is 0.0774. The van der Waals surface area contributed by atoms with E-state index in [1.54, 1.807) is 0 Å². The molecule has 0 radical (unpaired) electrons. The van der Waals surface area contributed by atoms with Crippen LogP contribution < -0.4 is 10.2 Å². The highest BCUT2D eigenvalue weighted by molar-refractivity contribution is 8.11. The molecule has 10 heteroatoms. The van der Waals surface area contributed by atoms with Crippen LogP contribution in [0.25, 0.3) is 0 Å². The molecule has 8 nitrogen and oxygen atoms in total. The quantitative estimate of drug-likeness (QED) is 0.724. The van der Waals surface area contributed by atoms with Crippen molar-refractivity contribution in [3.8, 4) is 0 Å². The summed E-state index contributed by atoms with van der Waals surface area (Å²) >= 11 is 0. The summed E-state index contributed by atoms with van der Waals surface area (Å²) in [7, 11) is 1.77. The molecule has 3 heterocycles. The molecule has 1 aromatic heterocycles. The molecule has 29 heavy (non-hydrogen) atoms. The van der Waals surface area contributed by atoms with Gasteiger partial charge in [-0.1, -0.05) is 13.3 Å². The average molecular weight is 440 g/mol. The van der Waals surface area contributed by atoms with E-state index in [0.717, 1.165) is 43.5 Å². The van der Waals surface area contributed by atoms with Crippen molar-refractivity contribution < 1.29 is 13.2 Å². The number of nitrogens with zero attached hydrogens (tertiary/aromatic N) is 4. The first kappa shape index (κ1) is 19.5.